The molecule has 1 heterocycles. The second-order valence-corrected chi connectivity index (χ2v) is 3.89. The van der Waals surface area contributed by atoms with Crippen molar-refractivity contribution in [3.05, 3.63) is 46.9 Å². The maximum absolute atomic E-state index is 13.1. The van der Waals surface area contributed by atoms with Gasteiger partial charge in [0.2, 0.25) is 0 Å². The molecular weight excluding hydrogens is 253 g/mol. The minimum atomic E-state index is -1.19. The van der Waals surface area contributed by atoms with Gasteiger partial charge in [-0.05, 0) is 24.6 Å². The van der Waals surface area contributed by atoms with E-state index in [2.05, 4.69) is 15.5 Å². The van der Waals surface area contributed by atoms with Gasteiger partial charge in [0.1, 0.15) is 11.5 Å². The topological polar surface area (TPSA) is 95.1 Å². The number of rotatable bonds is 3. The van der Waals surface area contributed by atoms with Gasteiger partial charge in [-0.25, -0.2) is 9.18 Å². The van der Waals surface area contributed by atoms with Crippen LogP contribution in [0.15, 0.2) is 24.3 Å². The number of aromatic carboxylic acids is 1. The number of aromatic nitrogens is 2. The van der Waals surface area contributed by atoms with Gasteiger partial charge in [0, 0.05) is 11.6 Å². The molecule has 0 spiro atoms. The van der Waals surface area contributed by atoms with Crippen LogP contribution in [0.5, 0.6) is 0 Å². The summed E-state index contributed by atoms with van der Waals surface area (Å²) in [6.07, 6.45) is 0. The number of anilines is 1. The molecule has 0 aliphatic heterocycles. The summed E-state index contributed by atoms with van der Waals surface area (Å²) in [5.41, 5.74) is 0.624. The van der Waals surface area contributed by atoms with E-state index in [1.807, 2.05) is 0 Å². The van der Waals surface area contributed by atoms with Crippen LogP contribution in [0.1, 0.15) is 26.4 Å². The highest BCUT2D eigenvalue weighted by molar-refractivity contribution is 6.05. The molecule has 0 atom stereocenters. The first kappa shape index (κ1) is 12.7. The predicted octanol–water partition coefficient (Wildman–Crippen LogP) is 1.81. The Kier molecular flexibility index (Phi) is 3.28. The standard InChI is InChI=1S/C12H10FN3O3/c1-6-2-3-7(13)4-8(6)11(17)14-10-5-9(12(18)19)15-16-10/h2-5H,1H3,(H,18,19)(H2,14,15,16,17). The highest BCUT2D eigenvalue weighted by atomic mass is 19.1. The molecule has 0 aliphatic rings. The number of carbonyl (C=O) groups is 2. The monoisotopic (exact) mass is 263 g/mol. The first-order valence-corrected chi connectivity index (χ1v) is 5.33. The summed E-state index contributed by atoms with van der Waals surface area (Å²) in [7, 11) is 0. The number of nitrogens with zero attached hydrogens (tertiary/aromatic N) is 1. The number of benzene rings is 1. The third kappa shape index (κ3) is 2.76. The zero-order valence-corrected chi connectivity index (χ0v) is 9.90. The molecule has 7 heteroatoms. The van der Waals surface area contributed by atoms with Crippen LogP contribution in [0, 0.1) is 12.7 Å². The number of carbonyl (C=O) groups excluding carboxylic acids is 1. The number of carboxylic acids is 1. The van der Waals surface area contributed by atoms with Crippen LogP contribution < -0.4 is 5.32 Å². The lowest BCUT2D eigenvalue weighted by Crippen LogP contribution is -2.14. The van der Waals surface area contributed by atoms with E-state index >= 15 is 0 Å². The van der Waals surface area contributed by atoms with E-state index in [-0.39, 0.29) is 17.1 Å². The number of carboxylic acid groups (broad SMARTS) is 1. The molecule has 3 N–H and O–H groups in total. The Morgan fingerprint density at radius 3 is 2.74 bits per heavy atom. The van der Waals surface area contributed by atoms with Crippen molar-refractivity contribution in [2.75, 3.05) is 5.32 Å². The first-order valence-electron chi connectivity index (χ1n) is 5.33. The number of hydrogen-bond donors (Lipinski definition) is 3. The minimum Gasteiger partial charge on any atom is -0.477 e. The third-order valence-electron chi connectivity index (χ3n) is 2.49. The van der Waals surface area contributed by atoms with Crippen molar-refractivity contribution < 1.29 is 19.1 Å². The number of nitrogens with one attached hydrogen (secondary N) is 2. The number of halogens is 1. The van der Waals surface area contributed by atoms with E-state index in [0.717, 1.165) is 6.07 Å². The molecule has 0 radical (unpaired) electrons. The van der Waals surface area contributed by atoms with E-state index < -0.39 is 17.7 Å². The molecule has 0 aliphatic carbocycles. The Balaban J connectivity index is 2.20. The molecule has 0 bridgehead atoms. The minimum absolute atomic E-state index is 0.0612. The number of amides is 1. The SMILES string of the molecule is Cc1ccc(F)cc1C(=O)Nc1cc(C(=O)O)[nH]n1. The maximum atomic E-state index is 13.1. The molecule has 1 aromatic carbocycles. The summed E-state index contributed by atoms with van der Waals surface area (Å²) < 4.78 is 13.1. The normalized spacial score (nSPS) is 10.2. The van der Waals surface area contributed by atoms with E-state index in [1.165, 1.54) is 18.2 Å². The van der Waals surface area contributed by atoms with Crippen molar-refractivity contribution in [2.24, 2.45) is 0 Å². The molecule has 1 aromatic heterocycles. The molecule has 0 unspecified atom stereocenters. The lowest BCUT2D eigenvalue weighted by Gasteiger charge is -2.05. The summed E-state index contributed by atoms with van der Waals surface area (Å²) in [4.78, 5) is 22.5. The molecule has 6 nitrogen and oxygen atoms in total. The molecule has 1 amide bonds. The highest BCUT2D eigenvalue weighted by Crippen LogP contribution is 2.13. The van der Waals surface area contributed by atoms with Gasteiger partial charge >= 0.3 is 5.97 Å². The molecule has 0 saturated carbocycles. The Morgan fingerprint density at radius 2 is 2.11 bits per heavy atom. The number of H-pyrrole nitrogens is 1. The van der Waals surface area contributed by atoms with Crippen LogP contribution in [-0.4, -0.2) is 27.2 Å². The van der Waals surface area contributed by atoms with E-state index in [9.17, 15) is 14.0 Å². The zero-order chi connectivity index (χ0) is 14.0. The van der Waals surface area contributed by atoms with Gasteiger partial charge in [0.05, 0.1) is 0 Å². The van der Waals surface area contributed by atoms with Gasteiger partial charge in [-0.15, -0.1) is 0 Å². The van der Waals surface area contributed by atoms with E-state index in [0.29, 0.717) is 5.56 Å². The van der Waals surface area contributed by atoms with Crippen molar-refractivity contribution in [3.8, 4) is 0 Å². The highest BCUT2D eigenvalue weighted by Gasteiger charge is 2.13. The molecule has 0 saturated heterocycles. The van der Waals surface area contributed by atoms with Crippen molar-refractivity contribution >= 4 is 17.7 Å². The smallest absolute Gasteiger partial charge is 0.353 e. The summed E-state index contributed by atoms with van der Waals surface area (Å²) in [6, 6.07) is 5.02. The second kappa shape index (κ2) is 4.89. The van der Waals surface area contributed by atoms with E-state index in [4.69, 9.17) is 5.11 Å². The summed E-state index contributed by atoms with van der Waals surface area (Å²) in [5.74, 6) is -2.20. The van der Waals surface area contributed by atoms with Crippen LogP contribution in [-0.2, 0) is 0 Å². The van der Waals surface area contributed by atoms with Gasteiger partial charge in [0.25, 0.3) is 5.91 Å². The van der Waals surface area contributed by atoms with Crippen molar-refractivity contribution in [2.45, 2.75) is 6.92 Å². The van der Waals surface area contributed by atoms with Gasteiger partial charge in [0.15, 0.2) is 5.82 Å². The quantitative estimate of drug-likeness (QED) is 0.787. The Bertz CT molecular complexity index is 651. The molecule has 19 heavy (non-hydrogen) atoms. The molecule has 2 aromatic rings. The fourth-order valence-corrected chi connectivity index (χ4v) is 1.52. The Morgan fingerprint density at radius 1 is 1.37 bits per heavy atom. The number of aryl methyl sites for hydroxylation is 1. The maximum Gasteiger partial charge on any atom is 0.353 e. The first-order chi connectivity index (χ1) is 8.97. The summed E-state index contributed by atoms with van der Waals surface area (Å²) in [5, 5.41) is 17.0. The Hall–Kier alpha value is -2.70. The fourth-order valence-electron chi connectivity index (χ4n) is 1.52. The van der Waals surface area contributed by atoms with Gasteiger partial charge in [-0.1, -0.05) is 6.07 Å². The molecular formula is C12H10FN3O3. The molecule has 0 fully saturated rings. The van der Waals surface area contributed by atoms with Gasteiger partial charge in [-0.3, -0.25) is 9.89 Å². The summed E-state index contributed by atoms with van der Waals surface area (Å²) in [6.45, 7) is 1.67. The lowest BCUT2D eigenvalue weighted by molar-refractivity contribution is 0.0690. The third-order valence-corrected chi connectivity index (χ3v) is 2.49. The summed E-state index contributed by atoms with van der Waals surface area (Å²) >= 11 is 0. The predicted molar refractivity (Wildman–Crippen MR) is 64.6 cm³/mol. The van der Waals surface area contributed by atoms with Gasteiger partial charge < -0.3 is 10.4 Å². The van der Waals surface area contributed by atoms with Crippen molar-refractivity contribution in [1.82, 2.24) is 10.2 Å². The lowest BCUT2D eigenvalue weighted by atomic mass is 10.1. The van der Waals surface area contributed by atoms with Crippen LogP contribution in [0.3, 0.4) is 0 Å². The largest absolute Gasteiger partial charge is 0.477 e. The van der Waals surface area contributed by atoms with Gasteiger partial charge in [-0.2, -0.15) is 5.10 Å². The van der Waals surface area contributed by atoms with Crippen LogP contribution in [0.4, 0.5) is 10.2 Å². The average molecular weight is 263 g/mol. The van der Waals surface area contributed by atoms with Crippen LogP contribution >= 0.6 is 0 Å². The molecule has 2 rings (SSSR count). The fraction of sp³-hybridized carbons (Fsp3) is 0.0833. The van der Waals surface area contributed by atoms with Crippen molar-refractivity contribution in [3.63, 3.8) is 0 Å². The number of hydrogen-bond acceptors (Lipinski definition) is 3. The van der Waals surface area contributed by atoms with Crippen LogP contribution in [0.25, 0.3) is 0 Å². The average Bonchev–Trinajstić information content (AvgIpc) is 2.80. The van der Waals surface area contributed by atoms with Crippen LogP contribution in [0.2, 0.25) is 0 Å². The Labute approximate surface area is 107 Å². The van der Waals surface area contributed by atoms with E-state index in [1.54, 1.807) is 6.92 Å². The van der Waals surface area contributed by atoms with Crippen molar-refractivity contribution in [1.29, 1.82) is 0 Å². The zero-order valence-electron chi connectivity index (χ0n) is 9.90. The second-order valence-electron chi connectivity index (χ2n) is 3.89. The molecule has 98 valence electrons. The number of aromatic amines is 1.